The van der Waals surface area contributed by atoms with Gasteiger partial charge in [-0.15, -0.1) is 0 Å². The summed E-state index contributed by atoms with van der Waals surface area (Å²) in [6.45, 7) is 4.76. The summed E-state index contributed by atoms with van der Waals surface area (Å²) in [5.74, 6) is 0.982. The molecule has 96 valence electrons. The highest BCUT2D eigenvalue weighted by Crippen LogP contribution is 2.28. The van der Waals surface area contributed by atoms with Crippen LogP contribution < -0.4 is 5.32 Å². The fourth-order valence-corrected chi connectivity index (χ4v) is 2.40. The molecule has 1 aliphatic carbocycles. The smallest absolute Gasteiger partial charge is 0.0897 e. The minimum atomic E-state index is -0.355. The normalized spacial score (nSPS) is 19.1. The molecule has 2 N–H and O–H groups in total. The van der Waals surface area contributed by atoms with Gasteiger partial charge in [0, 0.05) is 13.2 Å². The topological polar surface area (TPSA) is 41.5 Å². The van der Waals surface area contributed by atoms with E-state index in [1.807, 2.05) is 6.92 Å². The van der Waals surface area contributed by atoms with Gasteiger partial charge in [-0.25, -0.2) is 0 Å². The third kappa shape index (κ3) is 6.46. The fourth-order valence-electron chi connectivity index (χ4n) is 2.40. The molecule has 1 rings (SSSR count). The van der Waals surface area contributed by atoms with E-state index in [4.69, 9.17) is 4.74 Å². The van der Waals surface area contributed by atoms with E-state index >= 15 is 0 Å². The van der Waals surface area contributed by atoms with Crippen LogP contribution in [0.1, 0.15) is 45.4 Å². The van der Waals surface area contributed by atoms with Crippen LogP contribution in [0.3, 0.4) is 0 Å². The first-order valence-corrected chi connectivity index (χ1v) is 6.79. The number of hydrogen-bond acceptors (Lipinski definition) is 3. The molecule has 0 radical (unpaired) electrons. The Balaban J connectivity index is 1.83. The molecule has 0 aromatic rings. The molecule has 0 saturated heterocycles. The average molecular weight is 229 g/mol. The van der Waals surface area contributed by atoms with Crippen molar-refractivity contribution < 1.29 is 9.84 Å². The third-order valence-electron chi connectivity index (χ3n) is 3.33. The minimum Gasteiger partial charge on any atom is -0.389 e. The standard InChI is InChI=1S/C13H27NO2/c1-2-16-11-13(15)10-14-9-5-8-12-6-3-4-7-12/h12-15H,2-11H2,1H3. The van der Waals surface area contributed by atoms with Crippen molar-refractivity contribution in [2.45, 2.75) is 51.6 Å². The lowest BCUT2D eigenvalue weighted by atomic mass is 10.0. The van der Waals surface area contributed by atoms with Crippen molar-refractivity contribution in [3.63, 3.8) is 0 Å². The largest absolute Gasteiger partial charge is 0.389 e. The van der Waals surface area contributed by atoms with Gasteiger partial charge in [-0.3, -0.25) is 0 Å². The summed E-state index contributed by atoms with van der Waals surface area (Å²) in [5, 5.41) is 12.8. The highest BCUT2D eigenvalue weighted by Gasteiger charge is 2.13. The lowest BCUT2D eigenvalue weighted by Gasteiger charge is -2.12. The molecule has 1 saturated carbocycles. The maximum absolute atomic E-state index is 9.50. The molecule has 1 fully saturated rings. The van der Waals surface area contributed by atoms with Crippen LogP contribution in [0.4, 0.5) is 0 Å². The van der Waals surface area contributed by atoms with Crippen molar-refractivity contribution in [3.8, 4) is 0 Å². The van der Waals surface area contributed by atoms with E-state index in [9.17, 15) is 5.11 Å². The summed E-state index contributed by atoms with van der Waals surface area (Å²) in [5.41, 5.74) is 0. The molecule has 0 spiro atoms. The van der Waals surface area contributed by atoms with E-state index < -0.39 is 0 Å². The van der Waals surface area contributed by atoms with Gasteiger partial charge in [0.2, 0.25) is 0 Å². The van der Waals surface area contributed by atoms with Crippen LogP contribution in [-0.4, -0.2) is 37.5 Å². The van der Waals surface area contributed by atoms with Crippen LogP contribution in [0.25, 0.3) is 0 Å². The Labute approximate surface area is 99.6 Å². The average Bonchev–Trinajstić information content (AvgIpc) is 2.79. The summed E-state index contributed by atoms with van der Waals surface area (Å²) in [7, 11) is 0. The van der Waals surface area contributed by atoms with Gasteiger partial charge in [0.25, 0.3) is 0 Å². The molecule has 16 heavy (non-hydrogen) atoms. The number of aliphatic hydroxyl groups excluding tert-OH is 1. The van der Waals surface area contributed by atoms with E-state index in [1.54, 1.807) is 0 Å². The van der Waals surface area contributed by atoms with Crippen LogP contribution in [0, 0.1) is 5.92 Å². The van der Waals surface area contributed by atoms with Crippen molar-refractivity contribution in [3.05, 3.63) is 0 Å². The Hall–Kier alpha value is -0.120. The molecule has 1 aliphatic rings. The first-order chi connectivity index (χ1) is 7.83. The summed E-state index contributed by atoms with van der Waals surface area (Å²) in [6, 6.07) is 0. The Bertz CT molecular complexity index is 158. The molecule has 0 bridgehead atoms. The number of nitrogens with one attached hydrogen (secondary N) is 1. The lowest BCUT2D eigenvalue weighted by Crippen LogP contribution is -2.31. The monoisotopic (exact) mass is 229 g/mol. The summed E-state index contributed by atoms with van der Waals surface area (Å²) in [6.07, 6.45) is 7.99. The quantitative estimate of drug-likeness (QED) is 0.594. The van der Waals surface area contributed by atoms with Gasteiger partial charge >= 0.3 is 0 Å². The number of rotatable bonds is 9. The van der Waals surface area contributed by atoms with E-state index in [0.717, 1.165) is 12.5 Å². The zero-order chi connectivity index (χ0) is 11.6. The van der Waals surface area contributed by atoms with E-state index in [-0.39, 0.29) is 6.10 Å². The SMILES string of the molecule is CCOCC(O)CNCCCC1CCCC1. The molecule has 0 aromatic heterocycles. The second kappa shape index (κ2) is 8.97. The van der Waals surface area contributed by atoms with Crippen LogP contribution in [0.15, 0.2) is 0 Å². The van der Waals surface area contributed by atoms with Gasteiger partial charge < -0.3 is 15.2 Å². The summed E-state index contributed by atoms with van der Waals surface area (Å²) in [4.78, 5) is 0. The molecule has 1 unspecified atom stereocenters. The molecule has 3 heteroatoms. The molecular formula is C13H27NO2. The predicted octanol–water partition coefficient (Wildman–Crippen LogP) is 1.94. The van der Waals surface area contributed by atoms with Crippen LogP contribution >= 0.6 is 0 Å². The number of aliphatic hydroxyl groups is 1. The molecule has 0 aromatic carbocycles. The molecule has 0 heterocycles. The second-order valence-corrected chi connectivity index (χ2v) is 4.81. The van der Waals surface area contributed by atoms with Gasteiger partial charge in [0.15, 0.2) is 0 Å². The zero-order valence-corrected chi connectivity index (χ0v) is 10.6. The molecule has 3 nitrogen and oxygen atoms in total. The Morgan fingerprint density at radius 1 is 1.38 bits per heavy atom. The van der Waals surface area contributed by atoms with E-state index in [0.29, 0.717) is 19.8 Å². The summed E-state index contributed by atoms with van der Waals surface area (Å²) < 4.78 is 5.14. The Morgan fingerprint density at radius 2 is 2.12 bits per heavy atom. The van der Waals surface area contributed by atoms with Crippen LogP contribution in [0.5, 0.6) is 0 Å². The summed E-state index contributed by atoms with van der Waals surface area (Å²) >= 11 is 0. The van der Waals surface area contributed by atoms with Crippen LogP contribution in [0.2, 0.25) is 0 Å². The fraction of sp³-hybridized carbons (Fsp3) is 1.00. The molecule has 0 amide bonds. The molecular weight excluding hydrogens is 202 g/mol. The minimum absolute atomic E-state index is 0.355. The Kier molecular flexibility index (Phi) is 7.81. The van der Waals surface area contributed by atoms with E-state index in [2.05, 4.69) is 5.32 Å². The molecule has 0 aliphatic heterocycles. The van der Waals surface area contributed by atoms with Crippen molar-refractivity contribution >= 4 is 0 Å². The first-order valence-electron chi connectivity index (χ1n) is 6.79. The highest BCUT2D eigenvalue weighted by molar-refractivity contribution is 4.68. The lowest BCUT2D eigenvalue weighted by molar-refractivity contribution is 0.0429. The van der Waals surface area contributed by atoms with Gasteiger partial charge in [-0.2, -0.15) is 0 Å². The highest BCUT2D eigenvalue weighted by atomic mass is 16.5. The van der Waals surface area contributed by atoms with Gasteiger partial charge in [0.1, 0.15) is 0 Å². The van der Waals surface area contributed by atoms with Crippen molar-refractivity contribution in [2.24, 2.45) is 5.92 Å². The van der Waals surface area contributed by atoms with Crippen molar-refractivity contribution in [1.82, 2.24) is 5.32 Å². The van der Waals surface area contributed by atoms with E-state index in [1.165, 1.54) is 38.5 Å². The number of hydrogen-bond donors (Lipinski definition) is 2. The predicted molar refractivity (Wildman–Crippen MR) is 66.6 cm³/mol. The maximum Gasteiger partial charge on any atom is 0.0897 e. The van der Waals surface area contributed by atoms with Crippen molar-refractivity contribution in [1.29, 1.82) is 0 Å². The van der Waals surface area contributed by atoms with Crippen molar-refractivity contribution in [2.75, 3.05) is 26.3 Å². The molecule has 1 atom stereocenters. The Morgan fingerprint density at radius 3 is 2.81 bits per heavy atom. The van der Waals surface area contributed by atoms with Gasteiger partial charge in [-0.1, -0.05) is 25.7 Å². The first kappa shape index (κ1) is 13.9. The van der Waals surface area contributed by atoms with Gasteiger partial charge in [0.05, 0.1) is 12.7 Å². The third-order valence-corrected chi connectivity index (χ3v) is 3.33. The maximum atomic E-state index is 9.50. The zero-order valence-electron chi connectivity index (χ0n) is 10.6. The number of ether oxygens (including phenoxy) is 1. The second-order valence-electron chi connectivity index (χ2n) is 4.81. The van der Waals surface area contributed by atoms with Gasteiger partial charge in [-0.05, 0) is 32.2 Å². The van der Waals surface area contributed by atoms with Crippen LogP contribution in [-0.2, 0) is 4.74 Å².